The van der Waals surface area contributed by atoms with Gasteiger partial charge in [-0.1, -0.05) is 80.3 Å². The van der Waals surface area contributed by atoms with E-state index >= 15 is 0 Å². The van der Waals surface area contributed by atoms with Crippen molar-refractivity contribution in [3.05, 3.63) is 91.0 Å². The molecule has 0 aromatic heterocycles. The molecule has 0 spiro atoms. The molecule has 4 atom stereocenters. The maximum Gasteiger partial charge on any atom is 0.102 e. The van der Waals surface area contributed by atoms with Crippen LogP contribution >= 0.6 is 7.92 Å². The van der Waals surface area contributed by atoms with Gasteiger partial charge in [0.2, 0.25) is 0 Å². The fourth-order valence-corrected chi connectivity index (χ4v) is 7.52. The minimum atomic E-state index is -0.877. The second kappa shape index (κ2) is 15.5. The van der Waals surface area contributed by atoms with Gasteiger partial charge >= 0.3 is 0 Å². The molecule has 2 N–H and O–H groups in total. The summed E-state index contributed by atoms with van der Waals surface area (Å²) in [6.45, 7) is 0. The van der Waals surface area contributed by atoms with Gasteiger partial charge in [0.15, 0.2) is 0 Å². The molecular formula is C30H38N2O2PPt+. The zero-order valence-electron chi connectivity index (χ0n) is 20.7. The zero-order chi connectivity index (χ0) is 24.3. The van der Waals surface area contributed by atoms with Crippen molar-refractivity contribution in [3.8, 4) is 0 Å². The fraction of sp³-hybridized carbons (Fsp3) is 0.400. The molecule has 0 amide bonds. The van der Waals surface area contributed by atoms with E-state index in [2.05, 4.69) is 101 Å². The van der Waals surface area contributed by atoms with Crippen LogP contribution < -0.4 is 15.9 Å². The molecule has 0 radical (unpaired) electrons. The number of benzene rings is 3. The van der Waals surface area contributed by atoms with Gasteiger partial charge in [-0.3, -0.25) is 0 Å². The monoisotopic (exact) mass is 684 g/mol. The number of aliphatic hydroxyl groups excluding tert-OH is 2. The van der Waals surface area contributed by atoms with E-state index in [4.69, 9.17) is 0 Å². The predicted molar refractivity (Wildman–Crippen MR) is 148 cm³/mol. The van der Waals surface area contributed by atoms with Crippen LogP contribution in [0, 0.1) is 0 Å². The van der Waals surface area contributed by atoms with Gasteiger partial charge in [-0.15, -0.1) is 0 Å². The number of rotatable bonds is 5. The number of azo groups is 1. The summed E-state index contributed by atoms with van der Waals surface area (Å²) in [6.07, 6.45) is 7.38. The predicted octanol–water partition coefficient (Wildman–Crippen LogP) is 5.22. The van der Waals surface area contributed by atoms with Crippen LogP contribution in [0.2, 0.25) is 0 Å². The Bertz CT molecular complexity index is 905. The Balaban J connectivity index is 0.000000198. The van der Waals surface area contributed by atoms with Gasteiger partial charge in [-0.2, -0.15) is 10.2 Å². The SMILES string of the molecule is OC1CCCCC1N=NC1CCCCC1O.[Pt].c1ccc([PH+](c2ccccc2)c2ccccc2)cc1. The summed E-state index contributed by atoms with van der Waals surface area (Å²) >= 11 is 0. The van der Waals surface area contributed by atoms with Crippen LogP contribution in [0.1, 0.15) is 51.4 Å². The molecule has 36 heavy (non-hydrogen) atoms. The largest absolute Gasteiger partial charge is 0.391 e. The molecule has 2 aliphatic rings. The average Bonchev–Trinajstić information content (AvgIpc) is 2.92. The van der Waals surface area contributed by atoms with Gasteiger partial charge in [-0.25, -0.2) is 0 Å². The Kier molecular flexibility index (Phi) is 12.4. The molecular weight excluding hydrogens is 646 g/mol. The van der Waals surface area contributed by atoms with Gasteiger partial charge < -0.3 is 10.2 Å². The van der Waals surface area contributed by atoms with Crippen molar-refractivity contribution in [2.24, 2.45) is 10.2 Å². The molecule has 4 unspecified atom stereocenters. The normalized spacial score (nSPS) is 24.0. The van der Waals surface area contributed by atoms with Crippen LogP contribution in [0.5, 0.6) is 0 Å². The quantitative estimate of drug-likeness (QED) is 0.286. The van der Waals surface area contributed by atoms with Crippen LogP contribution in [0.4, 0.5) is 0 Å². The van der Waals surface area contributed by atoms with Crippen molar-refractivity contribution >= 4 is 23.8 Å². The summed E-state index contributed by atoms with van der Waals surface area (Å²) in [5.74, 6) is 0. The van der Waals surface area contributed by atoms with Crippen molar-refractivity contribution in [3.63, 3.8) is 0 Å². The van der Waals surface area contributed by atoms with Gasteiger partial charge in [-0.05, 0) is 62.1 Å². The Morgan fingerprint density at radius 2 is 0.806 bits per heavy atom. The van der Waals surface area contributed by atoms with Crippen molar-refractivity contribution in [2.75, 3.05) is 0 Å². The van der Waals surface area contributed by atoms with Crippen LogP contribution in [0.3, 0.4) is 0 Å². The Morgan fingerprint density at radius 3 is 1.11 bits per heavy atom. The smallest absolute Gasteiger partial charge is 0.102 e. The summed E-state index contributed by atoms with van der Waals surface area (Å²) in [7, 11) is -0.877. The number of hydrogen-bond acceptors (Lipinski definition) is 4. The fourth-order valence-electron chi connectivity index (χ4n) is 4.94. The Hall–Kier alpha value is -1.70. The molecule has 3 aromatic carbocycles. The molecule has 2 aliphatic carbocycles. The van der Waals surface area contributed by atoms with Crippen molar-refractivity contribution in [1.29, 1.82) is 0 Å². The number of hydrogen-bond donors (Lipinski definition) is 2. The van der Waals surface area contributed by atoms with Crippen LogP contribution in [-0.4, -0.2) is 34.5 Å². The zero-order valence-corrected chi connectivity index (χ0v) is 24.0. The first-order chi connectivity index (χ1) is 17.2. The first-order valence-corrected chi connectivity index (χ1v) is 14.5. The van der Waals surface area contributed by atoms with Crippen LogP contribution in [0.25, 0.3) is 0 Å². The van der Waals surface area contributed by atoms with Crippen LogP contribution in [-0.2, 0) is 21.1 Å². The maximum atomic E-state index is 9.75. The van der Waals surface area contributed by atoms with Gasteiger partial charge in [0.25, 0.3) is 0 Å². The third-order valence-corrected chi connectivity index (χ3v) is 9.67. The van der Waals surface area contributed by atoms with E-state index in [-0.39, 0.29) is 45.4 Å². The second-order valence-electron chi connectivity index (χ2n) is 9.54. The molecule has 5 rings (SSSR count). The standard InChI is InChI=1S/C18H15P.C12H22N2O2.Pt/c1-4-10-16(11-5-1)19(17-12-6-2-7-13-17)18-14-8-3-9-15-18;15-11-7-3-1-5-9(11)13-14-10-6-2-4-8-12(10)16;/h1-15H;9-12,15-16H,1-8H2;/p+1. The van der Waals surface area contributed by atoms with E-state index in [1.54, 1.807) is 0 Å². The minimum absolute atomic E-state index is 0. The number of nitrogens with zero attached hydrogens (tertiary/aromatic N) is 2. The Labute approximate surface area is 231 Å². The molecule has 2 fully saturated rings. The number of aliphatic hydroxyl groups is 2. The molecule has 0 bridgehead atoms. The van der Waals surface area contributed by atoms with E-state index in [1.165, 1.54) is 15.9 Å². The van der Waals surface area contributed by atoms with Crippen molar-refractivity contribution in [1.82, 2.24) is 0 Å². The summed E-state index contributed by atoms with van der Waals surface area (Å²) < 4.78 is 0. The van der Waals surface area contributed by atoms with Crippen molar-refractivity contribution < 1.29 is 31.3 Å². The van der Waals surface area contributed by atoms with E-state index in [9.17, 15) is 10.2 Å². The molecule has 6 heteroatoms. The molecule has 2 saturated carbocycles. The minimum Gasteiger partial charge on any atom is -0.391 e. The summed E-state index contributed by atoms with van der Waals surface area (Å²) in [4.78, 5) is 0. The van der Waals surface area contributed by atoms with Gasteiger partial charge in [0, 0.05) is 21.1 Å². The molecule has 194 valence electrons. The molecule has 0 heterocycles. The topological polar surface area (TPSA) is 65.2 Å². The first kappa shape index (κ1) is 28.9. The first-order valence-electron chi connectivity index (χ1n) is 13.0. The summed E-state index contributed by atoms with van der Waals surface area (Å²) in [5.41, 5.74) is 0. The van der Waals surface area contributed by atoms with E-state index in [0.29, 0.717) is 0 Å². The maximum absolute atomic E-state index is 9.75. The third-order valence-electron chi connectivity index (χ3n) is 6.94. The van der Waals surface area contributed by atoms with E-state index in [1.807, 2.05) is 0 Å². The summed E-state index contributed by atoms with van der Waals surface area (Å²) in [5, 5.41) is 32.3. The van der Waals surface area contributed by atoms with E-state index < -0.39 is 7.92 Å². The van der Waals surface area contributed by atoms with Gasteiger partial charge in [0.1, 0.15) is 15.9 Å². The summed E-state index contributed by atoms with van der Waals surface area (Å²) in [6, 6.07) is 32.4. The molecule has 0 aliphatic heterocycles. The van der Waals surface area contributed by atoms with E-state index in [0.717, 1.165) is 51.4 Å². The molecule has 0 saturated heterocycles. The van der Waals surface area contributed by atoms with Gasteiger partial charge in [0.05, 0.1) is 32.2 Å². The van der Waals surface area contributed by atoms with Crippen molar-refractivity contribution in [2.45, 2.75) is 75.7 Å². The Morgan fingerprint density at radius 1 is 0.500 bits per heavy atom. The molecule has 3 aromatic rings. The second-order valence-corrected chi connectivity index (χ2v) is 12.0. The third kappa shape index (κ3) is 8.42. The van der Waals surface area contributed by atoms with Crippen LogP contribution in [0.15, 0.2) is 101 Å². The molecule has 4 nitrogen and oxygen atoms in total. The average molecular weight is 685 g/mol.